The van der Waals surface area contributed by atoms with Crippen molar-refractivity contribution in [2.24, 2.45) is 0 Å². The van der Waals surface area contributed by atoms with Gasteiger partial charge < -0.3 is 0 Å². The summed E-state index contributed by atoms with van der Waals surface area (Å²) in [4.78, 5) is 0.961. The molecule has 1 aromatic heterocycles. The van der Waals surface area contributed by atoms with Crippen molar-refractivity contribution in [3.8, 4) is 5.69 Å². The van der Waals surface area contributed by atoms with Crippen molar-refractivity contribution in [1.29, 1.82) is 0 Å². The monoisotopic (exact) mass is 227 g/mol. The lowest BCUT2D eigenvalue weighted by molar-refractivity contribution is -0.137. The predicted octanol–water partition coefficient (Wildman–Crippen LogP) is 2.59. The maximum Gasteiger partial charge on any atom is 0.418 e. The Morgan fingerprint density at radius 2 is 1.75 bits per heavy atom. The van der Waals surface area contributed by atoms with E-state index in [-0.39, 0.29) is 5.69 Å². The third-order valence-corrected chi connectivity index (χ3v) is 2.09. The Labute approximate surface area is 89.5 Å². The van der Waals surface area contributed by atoms with Gasteiger partial charge in [0.25, 0.3) is 0 Å². The first-order valence-electron chi connectivity index (χ1n) is 4.53. The van der Waals surface area contributed by atoms with Crippen LogP contribution in [0.4, 0.5) is 13.2 Å². The van der Waals surface area contributed by atoms with E-state index < -0.39 is 11.7 Å². The molecule has 0 bridgehead atoms. The minimum Gasteiger partial charge on any atom is -0.166 e. The van der Waals surface area contributed by atoms with E-state index in [1.54, 1.807) is 13.0 Å². The van der Waals surface area contributed by atoms with Gasteiger partial charge in [-0.1, -0.05) is 11.6 Å². The van der Waals surface area contributed by atoms with E-state index in [0.717, 1.165) is 10.9 Å². The number of rotatable bonds is 1. The first kappa shape index (κ1) is 10.7. The zero-order valence-corrected chi connectivity index (χ0v) is 8.36. The molecule has 0 aliphatic rings. The zero-order valence-electron chi connectivity index (χ0n) is 8.36. The van der Waals surface area contributed by atoms with Gasteiger partial charge >= 0.3 is 6.18 Å². The van der Waals surface area contributed by atoms with Crippen LogP contribution in [0.2, 0.25) is 0 Å². The Morgan fingerprint density at radius 3 is 2.31 bits per heavy atom. The summed E-state index contributed by atoms with van der Waals surface area (Å²) in [7, 11) is 0. The first-order valence-corrected chi connectivity index (χ1v) is 4.53. The molecule has 0 atom stereocenters. The van der Waals surface area contributed by atoms with E-state index in [9.17, 15) is 13.2 Å². The van der Waals surface area contributed by atoms with Gasteiger partial charge in [-0.05, 0) is 19.1 Å². The highest BCUT2D eigenvalue weighted by Gasteiger charge is 2.34. The molecule has 0 saturated heterocycles. The fourth-order valence-electron chi connectivity index (χ4n) is 1.39. The highest BCUT2D eigenvalue weighted by molar-refractivity contribution is 5.43. The standard InChI is InChI=1S/C10H8F3N3/c1-7-2-3-9(16-14-4-5-15-16)8(6-7)10(11,12)13/h2-6H,1H3. The molecule has 0 saturated carbocycles. The van der Waals surface area contributed by atoms with Gasteiger partial charge in [-0.15, -0.1) is 0 Å². The SMILES string of the molecule is Cc1ccc(-n2nccn2)c(C(F)(F)F)c1. The van der Waals surface area contributed by atoms with Gasteiger partial charge in [0.1, 0.15) is 0 Å². The summed E-state index contributed by atoms with van der Waals surface area (Å²) in [5.41, 5.74) is -0.255. The summed E-state index contributed by atoms with van der Waals surface area (Å²) in [6.07, 6.45) is -1.74. The average molecular weight is 227 g/mol. The van der Waals surface area contributed by atoms with Crippen molar-refractivity contribution in [3.05, 3.63) is 41.7 Å². The van der Waals surface area contributed by atoms with E-state index >= 15 is 0 Å². The molecule has 1 aromatic carbocycles. The van der Waals surface area contributed by atoms with Crippen LogP contribution in [-0.4, -0.2) is 15.0 Å². The Kier molecular flexibility index (Phi) is 2.41. The lowest BCUT2D eigenvalue weighted by atomic mass is 10.1. The van der Waals surface area contributed by atoms with Crippen LogP contribution < -0.4 is 0 Å². The van der Waals surface area contributed by atoms with E-state index in [2.05, 4.69) is 10.2 Å². The molecule has 3 nitrogen and oxygen atoms in total. The molecule has 0 aliphatic carbocycles. The number of aromatic nitrogens is 3. The number of alkyl halides is 3. The molecular weight excluding hydrogens is 219 g/mol. The van der Waals surface area contributed by atoms with Gasteiger partial charge in [0.2, 0.25) is 0 Å². The Morgan fingerprint density at radius 1 is 1.12 bits per heavy atom. The van der Waals surface area contributed by atoms with E-state index in [4.69, 9.17) is 0 Å². The normalized spacial score (nSPS) is 11.8. The van der Waals surface area contributed by atoms with Crippen molar-refractivity contribution in [1.82, 2.24) is 15.0 Å². The maximum atomic E-state index is 12.8. The highest BCUT2D eigenvalue weighted by Crippen LogP contribution is 2.33. The van der Waals surface area contributed by atoms with Crippen molar-refractivity contribution < 1.29 is 13.2 Å². The summed E-state index contributed by atoms with van der Waals surface area (Å²) >= 11 is 0. The van der Waals surface area contributed by atoms with Crippen LogP contribution in [-0.2, 0) is 6.18 Å². The number of nitrogens with zero attached hydrogens (tertiary/aromatic N) is 3. The van der Waals surface area contributed by atoms with Gasteiger partial charge in [0.05, 0.1) is 23.6 Å². The largest absolute Gasteiger partial charge is 0.418 e. The van der Waals surface area contributed by atoms with Gasteiger partial charge in [-0.2, -0.15) is 28.2 Å². The number of aryl methyl sites for hydroxylation is 1. The number of hydrogen-bond acceptors (Lipinski definition) is 2. The maximum absolute atomic E-state index is 12.8. The van der Waals surface area contributed by atoms with Gasteiger partial charge in [0.15, 0.2) is 0 Å². The second-order valence-corrected chi connectivity index (χ2v) is 3.34. The molecule has 0 fully saturated rings. The van der Waals surface area contributed by atoms with Crippen LogP contribution in [0, 0.1) is 6.92 Å². The molecule has 0 spiro atoms. The first-order chi connectivity index (χ1) is 7.48. The van der Waals surface area contributed by atoms with Crippen molar-refractivity contribution in [2.75, 3.05) is 0 Å². The van der Waals surface area contributed by atoms with Crippen LogP contribution in [0.15, 0.2) is 30.6 Å². The predicted molar refractivity (Wildman–Crippen MR) is 51.1 cm³/mol. The highest BCUT2D eigenvalue weighted by atomic mass is 19.4. The van der Waals surface area contributed by atoms with Crippen LogP contribution in [0.5, 0.6) is 0 Å². The van der Waals surface area contributed by atoms with Crippen LogP contribution in [0.25, 0.3) is 5.69 Å². The third-order valence-electron chi connectivity index (χ3n) is 2.09. The van der Waals surface area contributed by atoms with E-state index in [1.165, 1.54) is 18.5 Å². The van der Waals surface area contributed by atoms with Crippen molar-refractivity contribution in [3.63, 3.8) is 0 Å². The van der Waals surface area contributed by atoms with Crippen LogP contribution in [0.1, 0.15) is 11.1 Å². The Hall–Kier alpha value is -1.85. The molecule has 0 unspecified atom stereocenters. The summed E-state index contributed by atoms with van der Waals surface area (Å²) in [6.45, 7) is 1.61. The van der Waals surface area contributed by atoms with Gasteiger partial charge in [0, 0.05) is 0 Å². The second-order valence-electron chi connectivity index (χ2n) is 3.34. The zero-order chi connectivity index (χ0) is 11.8. The Bertz CT molecular complexity index is 489. The fourth-order valence-corrected chi connectivity index (χ4v) is 1.39. The second kappa shape index (κ2) is 3.62. The quantitative estimate of drug-likeness (QED) is 0.749. The van der Waals surface area contributed by atoms with E-state index in [1.807, 2.05) is 0 Å². The smallest absolute Gasteiger partial charge is 0.166 e. The molecular formula is C10H8F3N3. The Balaban J connectivity index is 2.62. The molecule has 2 aromatic rings. The van der Waals surface area contributed by atoms with Crippen LogP contribution >= 0.6 is 0 Å². The minimum absolute atomic E-state index is 0.0666. The van der Waals surface area contributed by atoms with Crippen molar-refractivity contribution >= 4 is 0 Å². The molecule has 0 radical (unpaired) electrons. The van der Waals surface area contributed by atoms with Crippen LogP contribution in [0.3, 0.4) is 0 Å². The number of benzene rings is 1. The summed E-state index contributed by atoms with van der Waals surface area (Å²) in [5.74, 6) is 0. The molecule has 6 heteroatoms. The molecule has 84 valence electrons. The average Bonchev–Trinajstić information content (AvgIpc) is 2.69. The van der Waals surface area contributed by atoms with Gasteiger partial charge in [-0.25, -0.2) is 0 Å². The lowest BCUT2D eigenvalue weighted by Crippen LogP contribution is -2.12. The molecule has 0 N–H and O–H groups in total. The lowest BCUT2D eigenvalue weighted by Gasteiger charge is -2.12. The molecule has 0 aliphatic heterocycles. The van der Waals surface area contributed by atoms with Crippen molar-refractivity contribution in [2.45, 2.75) is 13.1 Å². The minimum atomic E-state index is -4.41. The topological polar surface area (TPSA) is 30.7 Å². The number of halogens is 3. The number of hydrogen-bond donors (Lipinski definition) is 0. The third kappa shape index (κ3) is 1.91. The van der Waals surface area contributed by atoms with Gasteiger partial charge in [-0.3, -0.25) is 0 Å². The molecule has 2 rings (SSSR count). The van der Waals surface area contributed by atoms with E-state index in [0.29, 0.717) is 5.56 Å². The summed E-state index contributed by atoms with van der Waals surface area (Å²) in [5, 5.41) is 7.39. The summed E-state index contributed by atoms with van der Waals surface area (Å²) in [6, 6.07) is 4.03. The fraction of sp³-hybridized carbons (Fsp3) is 0.200. The molecule has 16 heavy (non-hydrogen) atoms. The molecule has 1 heterocycles. The summed E-state index contributed by atoms with van der Waals surface area (Å²) < 4.78 is 38.3. The molecule has 0 amide bonds.